The maximum atomic E-state index is 11.9. The van der Waals surface area contributed by atoms with Crippen molar-refractivity contribution in [2.24, 2.45) is 0 Å². The van der Waals surface area contributed by atoms with Gasteiger partial charge in [0.25, 0.3) is 0 Å². The Morgan fingerprint density at radius 3 is 2.71 bits per heavy atom. The zero-order valence-electron chi connectivity index (χ0n) is 12.3. The maximum absolute atomic E-state index is 11.9. The van der Waals surface area contributed by atoms with E-state index >= 15 is 0 Å². The van der Waals surface area contributed by atoms with Gasteiger partial charge in [0.15, 0.2) is 11.5 Å². The molecule has 0 aromatic heterocycles. The van der Waals surface area contributed by atoms with Crippen LogP contribution in [0.3, 0.4) is 0 Å². The van der Waals surface area contributed by atoms with Crippen molar-refractivity contribution < 1.29 is 19.1 Å². The quantitative estimate of drug-likeness (QED) is 0.807. The summed E-state index contributed by atoms with van der Waals surface area (Å²) >= 11 is 0. The Balaban J connectivity index is 1.86. The summed E-state index contributed by atoms with van der Waals surface area (Å²) in [4.78, 5) is 23.0. The summed E-state index contributed by atoms with van der Waals surface area (Å²) in [5.74, 6) is 1.21. The van der Waals surface area contributed by atoms with E-state index in [9.17, 15) is 9.59 Å². The molecule has 1 atom stereocenters. The van der Waals surface area contributed by atoms with Gasteiger partial charge in [0.05, 0.1) is 20.6 Å². The van der Waals surface area contributed by atoms with Crippen molar-refractivity contribution >= 4 is 11.8 Å². The third-order valence-corrected chi connectivity index (χ3v) is 3.44. The lowest BCUT2D eigenvalue weighted by Gasteiger charge is -2.12. The van der Waals surface area contributed by atoms with Gasteiger partial charge in [0.1, 0.15) is 0 Å². The Hall–Kier alpha value is -2.24. The van der Waals surface area contributed by atoms with Crippen molar-refractivity contribution in [3.63, 3.8) is 0 Å². The van der Waals surface area contributed by atoms with E-state index in [4.69, 9.17) is 9.47 Å². The largest absolute Gasteiger partial charge is 0.493 e. The number of ether oxygens (including phenoxy) is 2. The lowest BCUT2D eigenvalue weighted by molar-refractivity contribution is -0.121. The summed E-state index contributed by atoms with van der Waals surface area (Å²) in [6, 6.07) is 5.44. The normalized spacial score (nSPS) is 17.2. The second-order valence-corrected chi connectivity index (χ2v) is 4.97. The van der Waals surface area contributed by atoms with Crippen molar-refractivity contribution in [2.45, 2.75) is 25.3 Å². The number of carbonyl (C=O) groups is 2. The average Bonchev–Trinajstić information content (AvgIpc) is 2.90. The minimum atomic E-state index is -0.0802. The van der Waals surface area contributed by atoms with E-state index in [1.54, 1.807) is 26.4 Å². The molecule has 1 unspecified atom stereocenters. The van der Waals surface area contributed by atoms with Crippen molar-refractivity contribution in [2.75, 3.05) is 20.8 Å². The molecule has 2 amide bonds. The molecule has 1 heterocycles. The molecule has 21 heavy (non-hydrogen) atoms. The molecular formula is C15H20N2O4. The van der Waals surface area contributed by atoms with Crippen molar-refractivity contribution in [3.8, 4) is 11.5 Å². The Kier molecular flexibility index (Phi) is 5.03. The molecule has 1 saturated heterocycles. The molecule has 0 radical (unpaired) electrons. The van der Waals surface area contributed by atoms with Crippen LogP contribution in [-0.2, 0) is 16.0 Å². The van der Waals surface area contributed by atoms with Gasteiger partial charge in [-0.05, 0) is 24.1 Å². The second kappa shape index (κ2) is 6.97. The summed E-state index contributed by atoms with van der Waals surface area (Å²) in [5, 5.41) is 5.65. The fourth-order valence-electron chi connectivity index (χ4n) is 2.31. The van der Waals surface area contributed by atoms with Crippen molar-refractivity contribution in [1.82, 2.24) is 10.6 Å². The maximum Gasteiger partial charge on any atom is 0.224 e. The Labute approximate surface area is 123 Å². The first-order valence-electron chi connectivity index (χ1n) is 6.89. The number of carbonyl (C=O) groups excluding carboxylic acids is 2. The lowest BCUT2D eigenvalue weighted by atomic mass is 10.1. The fourth-order valence-corrected chi connectivity index (χ4v) is 2.31. The van der Waals surface area contributed by atoms with Crippen molar-refractivity contribution in [1.29, 1.82) is 0 Å². The summed E-state index contributed by atoms with van der Waals surface area (Å²) in [6.45, 7) is 0.470. The fraction of sp³-hybridized carbons (Fsp3) is 0.467. The predicted molar refractivity (Wildman–Crippen MR) is 77.4 cm³/mol. The number of hydrogen-bond acceptors (Lipinski definition) is 4. The van der Waals surface area contributed by atoms with Gasteiger partial charge in [0, 0.05) is 19.0 Å². The summed E-state index contributed by atoms with van der Waals surface area (Å²) in [6.07, 6.45) is 1.58. The molecule has 2 N–H and O–H groups in total. The molecule has 6 heteroatoms. The van der Waals surface area contributed by atoms with Crippen LogP contribution in [0.2, 0.25) is 0 Å². The monoisotopic (exact) mass is 292 g/mol. The predicted octanol–water partition coefficient (Wildman–Crippen LogP) is 0.641. The van der Waals surface area contributed by atoms with Crippen LogP contribution in [0.4, 0.5) is 0 Å². The van der Waals surface area contributed by atoms with E-state index in [1.165, 1.54) is 0 Å². The zero-order chi connectivity index (χ0) is 15.2. The van der Waals surface area contributed by atoms with E-state index in [-0.39, 0.29) is 24.3 Å². The number of rotatable bonds is 6. The van der Waals surface area contributed by atoms with Crippen LogP contribution < -0.4 is 20.1 Å². The summed E-state index contributed by atoms with van der Waals surface area (Å²) in [5.41, 5.74) is 0.848. The van der Waals surface area contributed by atoms with Crippen LogP contribution in [0, 0.1) is 0 Å². The highest BCUT2D eigenvalue weighted by atomic mass is 16.5. The highest BCUT2D eigenvalue weighted by Crippen LogP contribution is 2.27. The first-order chi connectivity index (χ1) is 10.1. The molecule has 0 bridgehead atoms. The molecule has 2 rings (SSSR count). The van der Waals surface area contributed by atoms with E-state index in [1.807, 2.05) is 6.07 Å². The van der Waals surface area contributed by atoms with Gasteiger partial charge >= 0.3 is 0 Å². The molecule has 1 aliphatic heterocycles. The second-order valence-electron chi connectivity index (χ2n) is 4.97. The lowest BCUT2D eigenvalue weighted by Crippen LogP contribution is -2.38. The van der Waals surface area contributed by atoms with Gasteiger partial charge in [-0.15, -0.1) is 0 Å². The molecule has 6 nitrogen and oxygen atoms in total. The molecule has 0 saturated carbocycles. The molecule has 114 valence electrons. The standard InChI is InChI=1S/C15H20N2O4/c1-20-12-5-3-10(7-13(12)21-2)8-15(19)16-9-11-4-6-14(18)17-11/h3,5,7,11H,4,6,8-9H2,1-2H3,(H,16,19)(H,17,18). The van der Waals surface area contributed by atoms with Crippen molar-refractivity contribution in [3.05, 3.63) is 23.8 Å². The highest BCUT2D eigenvalue weighted by Gasteiger charge is 2.20. The van der Waals surface area contributed by atoms with Gasteiger partial charge in [-0.3, -0.25) is 9.59 Å². The Morgan fingerprint density at radius 1 is 1.33 bits per heavy atom. The SMILES string of the molecule is COc1ccc(CC(=O)NCC2CCC(=O)N2)cc1OC. The van der Waals surface area contributed by atoms with Crippen LogP contribution in [-0.4, -0.2) is 38.6 Å². The molecule has 0 spiro atoms. The van der Waals surface area contributed by atoms with Crippen LogP contribution >= 0.6 is 0 Å². The summed E-state index contributed by atoms with van der Waals surface area (Å²) in [7, 11) is 3.13. The van der Waals surface area contributed by atoms with E-state index in [0.717, 1.165) is 12.0 Å². The topological polar surface area (TPSA) is 76.7 Å². The molecule has 1 aromatic rings. The first kappa shape index (κ1) is 15.2. The van der Waals surface area contributed by atoms with Crippen LogP contribution in [0.15, 0.2) is 18.2 Å². The smallest absolute Gasteiger partial charge is 0.224 e. The third kappa shape index (κ3) is 4.11. The van der Waals surface area contributed by atoms with Crippen LogP contribution in [0.1, 0.15) is 18.4 Å². The number of methoxy groups -OCH3 is 2. The average molecular weight is 292 g/mol. The minimum Gasteiger partial charge on any atom is -0.493 e. The molecule has 1 aliphatic rings. The Morgan fingerprint density at radius 2 is 2.10 bits per heavy atom. The molecule has 0 aliphatic carbocycles. The first-order valence-corrected chi connectivity index (χ1v) is 6.89. The van der Waals surface area contributed by atoms with E-state index in [0.29, 0.717) is 24.5 Å². The Bertz CT molecular complexity index is 530. The van der Waals surface area contributed by atoms with Crippen LogP contribution in [0.5, 0.6) is 11.5 Å². The summed E-state index contributed by atoms with van der Waals surface area (Å²) < 4.78 is 10.4. The van der Waals surface area contributed by atoms with E-state index in [2.05, 4.69) is 10.6 Å². The van der Waals surface area contributed by atoms with Gasteiger partial charge in [-0.2, -0.15) is 0 Å². The number of nitrogens with one attached hydrogen (secondary N) is 2. The van der Waals surface area contributed by atoms with Gasteiger partial charge in [-0.1, -0.05) is 6.07 Å². The molecule has 1 aromatic carbocycles. The number of amides is 2. The van der Waals surface area contributed by atoms with Crippen LogP contribution in [0.25, 0.3) is 0 Å². The van der Waals surface area contributed by atoms with Gasteiger partial charge in [0.2, 0.25) is 11.8 Å². The van der Waals surface area contributed by atoms with Gasteiger partial charge < -0.3 is 20.1 Å². The van der Waals surface area contributed by atoms with Gasteiger partial charge in [-0.25, -0.2) is 0 Å². The third-order valence-electron chi connectivity index (χ3n) is 3.44. The zero-order valence-corrected chi connectivity index (χ0v) is 12.3. The minimum absolute atomic E-state index is 0.0480. The molecular weight excluding hydrogens is 272 g/mol. The van der Waals surface area contributed by atoms with E-state index < -0.39 is 0 Å². The number of hydrogen-bond donors (Lipinski definition) is 2. The highest BCUT2D eigenvalue weighted by molar-refractivity contribution is 5.80. The molecule has 1 fully saturated rings. The number of benzene rings is 1.